The number of benzene rings is 3. The quantitative estimate of drug-likeness (QED) is 0.560. The van der Waals surface area contributed by atoms with E-state index in [2.05, 4.69) is 40.6 Å². The molecule has 24 heavy (non-hydrogen) atoms. The Balaban J connectivity index is 1.57. The van der Waals surface area contributed by atoms with Gasteiger partial charge < -0.3 is 10.3 Å². The fourth-order valence-corrected chi connectivity index (χ4v) is 3.03. The average molecular weight is 314 g/mol. The number of rotatable bonds is 3. The van der Waals surface area contributed by atoms with E-state index in [9.17, 15) is 4.79 Å². The van der Waals surface area contributed by atoms with Crippen molar-refractivity contribution in [3.05, 3.63) is 84.1 Å². The van der Waals surface area contributed by atoms with Crippen LogP contribution in [0, 0.1) is 0 Å². The molecule has 0 saturated carbocycles. The molecular weight excluding hydrogens is 296 g/mol. The van der Waals surface area contributed by atoms with E-state index in [-0.39, 0.29) is 11.9 Å². The van der Waals surface area contributed by atoms with Crippen molar-refractivity contribution in [3.63, 3.8) is 0 Å². The summed E-state index contributed by atoms with van der Waals surface area (Å²) < 4.78 is 0. The van der Waals surface area contributed by atoms with E-state index in [0.717, 1.165) is 16.5 Å². The third-order valence-corrected chi connectivity index (χ3v) is 4.40. The van der Waals surface area contributed by atoms with Crippen LogP contribution in [-0.4, -0.2) is 10.9 Å². The number of para-hydroxylation sites is 1. The molecule has 3 heteroatoms. The van der Waals surface area contributed by atoms with Gasteiger partial charge in [-0.15, -0.1) is 0 Å². The minimum atomic E-state index is -0.0909. The van der Waals surface area contributed by atoms with Gasteiger partial charge in [0, 0.05) is 10.9 Å². The van der Waals surface area contributed by atoms with Crippen LogP contribution in [0.15, 0.2) is 72.8 Å². The van der Waals surface area contributed by atoms with Gasteiger partial charge in [-0.05, 0) is 41.5 Å². The van der Waals surface area contributed by atoms with E-state index in [1.54, 1.807) is 0 Å². The van der Waals surface area contributed by atoms with Crippen LogP contribution in [0.4, 0.5) is 0 Å². The molecule has 0 aliphatic carbocycles. The van der Waals surface area contributed by atoms with Gasteiger partial charge in [0.25, 0.3) is 5.91 Å². The lowest BCUT2D eigenvalue weighted by molar-refractivity contribution is 0.0935. The molecule has 3 nitrogen and oxygen atoms in total. The molecule has 0 aliphatic rings. The van der Waals surface area contributed by atoms with Crippen molar-refractivity contribution in [1.29, 1.82) is 0 Å². The summed E-state index contributed by atoms with van der Waals surface area (Å²) in [5.74, 6) is -0.0909. The molecule has 0 spiro atoms. The number of H-pyrrole nitrogens is 1. The number of aromatic nitrogens is 1. The summed E-state index contributed by atoms with van der Waals surface area (Å²) in [5, 5.41) is 6.50. The van der Waals surface area contributed by atoms with Gasteiger partial charge in [0.15, 0.2) is 0 Å². The summed E-state index contributed by atoms with van der Waals surface area (Å²) in [5.41, 5.74) is 2.66. The van der Waals surface area contributed by atoms with Crippen LogP contribution in [0.3, 0.4) is 0 Å². The topological polar surface area (TPSA) is 44.9 Å². The first-order chi connectivity index (χ1) is 11.7. The normalized spacial score (nSPS) is 12.4. The van der Waals surface area contributed by atoms with Crippen LogP contribution in [0.25, 0.3) is 21.7 Å². The number of hydrogen-bond donors (Lipinski definition) is 2. The number of fused-ring (bicyclic) bond motifs is 2. The van der Waals surface area contributed by atoms with Crippen LogP contribution < -0.4 is 5.32 Å². The minimum absolute atomic E-state index is 0.0616. The fraction of sp³-hybridized carbons (Fsp3) is 0.0952. The van der Waals surface area contributed by atoms with Crippen LogP contribution in [-0.2, 0) is 0 Å². The van der Waals surface area contributed by atoms with E-state index < -0.39 is 0 Å². The summed E-state index contributed by atoms with van der Waals surface area (Å²) >= 11 is 0. The Bertz CT molecular complexity index is 999. The van der Waals surface area contributed by atoms with E-state index in [0.29, 0.717) is 5.69 Å². The van der Waals surface area contributed by atoms with Crippen molar-refractivity contribution in [1.82, 2.24) is 10.3 Å². The zero-order valence-corrected chi connectivity index (χ0v) is 13.4. The SMILES string of the molecule is CC(NC(=O)c1cc2ccccc2[nH]1)c1ccc2ccccc2c1. The molecule has 0 radical (unpaired) electrons. The maximum Gasteiger partial charge on any atom is 0.268 e. The first-order valence-corrected chi connectivity index (χ1v) is 8.08. The Hall–Kier alpha value is -3.07. The molecule has 1 aromatic heterocycles. The molecule has 1 unspecified atom stereocenters. The summed E-state index contributed by atoms with van der Waals surface area (Å²) in [6.45, 7) is 2.00. The molecule has 0 fully saturated rings. The predicted octanol–water partition coefficient (Wildman–Crippen LogP) is 4.81. The van der Waals surface area contributed by atoms with E-state index in [4.69, 9.17) is 0 Å². The maximum absolute atomic E-state index is 12.5. The zero-order valence-electron chi connectivity index (χ0n) is 13.4. The lowest BCUT2D eigenvalue weighted by atomic mass is 10.0. The van der Waals surface area contributed by atoms with Gasteiger partial charge in [-0.1, -0.05) is 54.6 Å². The predicted molar refractivity (Wildman–Crippen MR) is 98.1 cm³/mol. The molecule has 4 aromatic rings. The molecular formula is C21H18N2O. The maximum atomic E-state index is 12.5. The van der Waals surface area contributed by atoms with Gasteiger partial charge in [-0.2, -0.15) is 0 Å². The Morgan fingerprint density at radius 3 is 2.38 bits per heavy atom. The smallest absolute Gasteiger partial charge is 0.268 e. The second-order valence-corrected chi connectivity index (χ2v) is 6.07. The molecule has 0 saturated heterocycles. The zero-order chi connectivity index (χ0) is 16.5. The summed E-state index contributed by atoms with van der Waals surface area (Å²) in [7, 11) is 0. The number of carbonyl (C=O) groups excluding carboxylic acids is 1. The Labute approximate surface area is 140 Å². The van der Waals surface area contributed by atoms with Crippen LogP contribution in [0.1, 0.15) is 29.0 Å². The summed E-state index contributed by atoms with van der Waals surface area (Å²) in [6.07, 6.45) is 0. The van der Waals surface area contributed by atoms with Crippen molar-refractivity contribution < 1.29 is 4.79 Å². The molecule has 0 aliphatic heterocycles. The number of nitrogens with one attached hydrogen (secondary N) is 2. The second-order valence-electron chi connectivity index (χ2n) is 6.07. The van der Waals surface area contributed by atoms with Crippen LogP contribution in [0.2, 0.25) is 0 Å². The lowest BCUT2D eigenvalue weighted by Gasteiger charge is -2.14. The molecule has 3 aromatic carbocycles. The van der Waals surface area contributed by atoms with Gasteiger partial charge in [0.1, 0.15) is 5.69 Å². The second kappa shape index (κ2) is 5.85. The van der Waals surface area contributed by atoms with Gasteiger partial charge >= 0.3 is 0 Å². The van der Waals surface area contributed by atoms with E-state index in [1.807, 2.05) is 49.4 Å². The molecule has 1 atom stereocenters. The van der Waals surface area contributed by atoms with Gasteiger partial charge in [-0.25, -0.2) is 0 Å². The van der Waals surface area contributed by atoms with Gasteiger partial charge in [0.05, 0.1) is 6.04 Å². The average Bonchev–Trinajstić information content (AvgIpc) is 3.05. The first-order valence-electron chi connectivity index (χ1n) is 8.08. The van der Waals surface area contributed by atoms with E-state index >= 15 is 0 Å². The standard InChI is InChI=1S/C21H18N2O/c1-14(16-11-10-15-6-2-3-7-17(15)12-16)22-21(24)20-13-18-8-4-5-9-19(18)23-20/h2-14,23H,1H3,(H,22,24). The highest BCUT2D eigenvalue weighted by Crippen LogP contribution is 2.21. The van der Waals surface area contributed by atoms with Crippen LogP contribution in [0.5, 0.6) is 0 Å². The Morgan fingerprint density at radius 2 is 1.58 bits per heavy atom. The molecule has 118 valence electrons. The van der Waals surface area contributed by atoms with Crippen molar-refractivity contribution in [2.24, 2.45) is 0 Å². The van der Waals surface area contributed by atoms with Crippen molar-refractivity contribution in [2.45, 2.75) is 13.0 Å². The molecule has 1 heterocycles. The van der Waals surface area contributed by atoms with Crippen molar-refractivity contribution >= 4 is 27.6 Å². The molecule has 0 bridgehead atoms. The number of amides is 1. The summed E-state index contributed by atoms with van der Waals surface area (Å²) in [6, 6.07) is 24.2. The molecule has 1 amide bonds. The molecule has 2 N–H and O–H groups in total. The highest BCUT2D eigenvalue weighted by Gasteiger charge is 2.13. The van der Waals surface area contributed by atoms with Gasteiger partial charge in [0.2, 0.25) is 0 Å². The van der Waals surface area contributed by atoms with Gasteiger partial charge in [-0.3, -0.25) is 4.79 Å². The number of hydrogen-bond acceptors (Lipinski definition) is 1. The Morgan fingerprint density at radius 1 is 0.875 bits per heavy atom. The fourth-order valence-electron chi connectivity index (χ4n) is 3.03. The Kier molecular flexibility index (Phi) is 3.54. The monoisotopic (exact) mass is 314 g/mol. The number of carbonyl (C=O) groups is 1. The van der Waals surface area contributed by atoms with Crippen molar-refractivity contribution in [3.8, 4) is 0 Å². The highest BCUT2D eigenvalue weighted by molar-refractivity contribution is 5.98. The highest BCUT2D eigenvalue weighted by atomic mass is 16.1. The lowest BCUT2D eigenvalue weighted by Crippen LogP contribution is -2.26. The molecule has 4 rings (SSSR count). The minimum Gasteiger partial charge on any atom is -0.351 e. The first kappa shape index (κ1) is 14.5. The van der Waals surface area contributed by atoms with Crippen LogP contribution >= 0.6 is 0 Å². The third-order valence-electron chi connectivity index (χ3n) is 4.40. The van der Waals surface area contributed by atoms with Crippen molar-refractivity contribution in [2.75, 3.05) is 0 Å². The third kappa shape index (κ3) is 2.65. The largest absolute Gasteiger partial charge is 0.351 e. The van der Waals surface area contributed by atoms with E-state index in [1.165, 1.54) is 10.8 Å². The summed E-state index contributed by atoms with van der Waals surface area (Å²) in [4.78, 5) is 15.7. The number of aromatic amines is 1.